The largest absolute Gasteiger partial charge is 0.497 e. The first-order valence-corrected chi connectivity index (χ1v) is 6.68. The molecule has 0 bridgehead atoms. The van der Waals surface area contributed by atoms with Crippen LogP contribution in [-0.2, 0) is 0 Å². The van der Waals surface area contributed by atoms with Gasteiger partial charge in [-0.2, -0.15) is 0 Å². The van der Waals surface area contributed by atoms with Gasteiger partial charge in [-0.15, -0.1) is 0 Å². The highest BCUT2D eigenvalue weighted by atomic mass is 79.9. The molecule has 0 aliphatic heterocycles. The summed E-state index contributed by atoms with van der Waals surface area (Å²) in [4.78, 5) is -0.0612. The molecule has 0 N–H and O–H groups in total. The van der Waals surface area contributed by atoms with Crippen molar-refractivity contribution in [1.82, 2.24) is 0 Å². The lowest BCUT2D eigenvalue weighted by atomic mass is 10.0. The van der Waals surface area contributed by atoms with E-state index in [1.165, 1.54) is 12.1 Å². The minimum atomic E-state index is -0.245. The van der Waals surface area contributed by atoms with Gasteiger partial charge in [0.05, 0.1) is 19.0 Å². The van der Waals surface area contributed by atoms with E-state index in [0.29, 0.717) is 0 Å². The highest BCUT2D eigenvalue weighted by Crippen LogP contribution is 2.38. The van der Waals surface area contributed by atoms with E-state index in [2.05, 4.69) is 15.9 Å². The number of hydrogen-bond donors (Lipinski definition) is 0. The van der Waals surface area contributed by atoms with Gasteiger partial charge in [-0.05, 0) is 23.8 Å². The van der Waals surface area contributed by atoms with Crippen molar-refractivity contribution in [2.45, 2.75) is 4.83 Å². The zero-order valence-corrected chi connectivity index (χ0v) is 12.3. The molecule has 0 aliphatic carbocycles. The summed E-state index contributed by atoms with van der Waals surface area (Å²) in [6.07, 6.45) is 0. The Balaban J connectivity index is 2.37. The molecule has 0 amide bonds. The molecule has 0 radical (unpaired) electrons. The quantitative estimate of drug-likeness (QED) is 0.779. The highest BCUT2D eigenvalue weighted by Gasteiger charge is 2.16. The van der Waals surface area contributed by atoms with Crippen LogP contribution in [0.4, 0.5) is 4.39 Å². The van der Waals surface area contributed by atoms with Gasteiger partial charge in [0.25, 0.3) is 0 Å². The van der Waals surface area contributed by atoms with Crippen molar-refractivity contribution in [2.75, 3.05) is 14.2 Å². The van der Waals surface area contributed by atoms with Crippen LogP contribution >= 0.6 is 15.9 Å². The second-order valence-electron chi connectivity index (χ2n) is 4.02. The summed E-state index contributed by atoms with van der Waals surface area (Å²) in [5.41, 5.74) is 1.93. The second-order valence-corrected chi connectivity index (χ2v) is 4.94. The molecule has 2 aromatic carbocycles. The maximum Gasteiger partial charge on any atom is 0.127 e. The van der Waals surface area contributed by atoms with Gasteiger partial charge in [-0.3, -0.25) is 0 Å². The molecular formula is C15H14BrFO2. The van der Waals surface area contributed by atoms with Crippen LogP contribution < -0.4 is 9.47 Å². The Labute approximate surface area is 120 Å². The Morgan fingerprint density at radius 1 is 1.00 bits per heavy atom. The lowest BCUT2D eigenvalue weighted by Gasteiger charge is -2.15. The van der Waals surface area contributed by atoms with Crippen LogP contribution in [0.5, 0.6) is 11.5 Å². The maximum absolute atomic E-state index is 12.9. The Hall–Kier alpha value is -1.55. The second kappa shape index (κ2) is 6.06. The predicted molar refractivity (Wildman–Crippen MR) is 76.7 cm³/mol. The molecule has 1 atom stereocenters. The lowest BCUT2D eigenvalue weighted by Crippen LogP contribution is -1.98. The van der Waals surface area contributed by atoms with Gasteiger partial charge in [0.15, 0.2) is 0 Å². The van der Waals surface area contributed by atoms with E-state index < -0.39 is 0 Å². The molecule has 1 unspecified atom stereocenters. The first-order chi connectivity index (χ1) is 9.15. The van der Waals surface area contributed by atoms with Crippen LogP contribution in [0.25, 0.3) is 0 Å². The molecule has 2 aromatic rings. The highest BCUT2D eigenvalue weighted by molar-refractivity contribution is 9.09. The fourth-order valence-electron chi connectivity index (χ4n) is 1.84. The van der Waals surface area contributed by atoms with Crippen LogP contribution in [0, 0.1) is 5.82 Å². The minimum absolute atomic E-state index is 0.0612. The van der Waals surface area contributed by atoms with Gasteiger partial charge in [-0.1, -0.05) is 34.1 Å². The third kappa shape index (κ3) is 3.07. The van der Waals surface area contributed by atoms with E-state index in [0.717, 1.165) is 22.6 Å². The van der Waals surface area contributed by atoms with Crippen molar-refractivity contribution in [3.63, 3.8) is 0 Å². The molecular weight excluding hydrogens is 311 g/mol. The first kappa shape index (κ1) is 13.9. The maximum atomic E-state index is 12.9. The van der Waals surface area contributed by atoms with E-state index in [9.17, 15) is 4.39 Å². The third-order valence-electron chi connectivity index (χ3n) is 2.88. The summed E-state index contributed by atoms with van der Waals surface area (Å²) in [5, 5.41) is 0. The topological polar surface area (TPSA) is 18.5 Å². The van der Waals surface area contributed by atoms with Gasteiger partial charge in [-0.25, -0.2) is 4.39 Å². The summed E-state index contributed by atoms with van der Waals surface area (Å²) >= 11 is 3.61. The molecule has 0 saturated carbocycles. The van der Waals surface area contributed by atoms with E-state index >= 15 is 0 Å². The van der Waals surface area contributed by atoms with E-state index in [1.54, 1.807) is 26.4 Å². The fraction of sp³-hybridized carbons (Fsp3) is 0.200. The molecule has 0 aromatic heterocycles. The number of methoxy groups -OCH3 is 2. The van der Waals surface area contributed by atoms with E-state index in [1.807, 2.05) is 18.2 Å². The minimum Gasteiger partial charge on any atom is -0.497 e. The van der Waals surface area contributed by atoms with Gasteiger partial charge in [0.2, 0.25) is 0 Å². The molecule has 19 heavy (non-hydrogen) atoms. The normalized spacial score (nSPS) is 12.0. The standard InChI is InChI=1S/C15H14BrFO2/c1-18-12-7-8-13(14(9-12)19-2)15(16)10-3-5-11(17)6-4-10/h3-9,15H,1-2H3. The van der Waals surface area contributed by atoms with E-state index in [4.69, 9.17) is 9.47 Å². The van der Waals surface area contributed by atoms with Gasteiger partial charge < -0.3 is 9.47 Å². The van der Waals surface area contributed by atoms with Gasteiger partial charge in [0.1, 0.15) is 17.3 Å². The number of alkyl halides is 1. The first-order valence-electron chi connectivity index (χ1n) is 5.77. The molecule has 4 heteroatoms. The van der Waals surface area contributed by atoms with Crippen LogP contribution in [0.2, 0.25) is 0 Å². The van der Waals surface area contributed by atoms with Gasteiger partial charge in [0, 0.05) is 11.6 Å². The molecule has 0 aliphatic rings. The SMILES string of the molecule is COc1ccc(C(Br)c2ccc(F)cc2)c(OC)c1. The predicted octanol–water partition coefficient (Wildman–Crippen LogP) is 4.33. The summed E-state index contributed by atoms with van der Waals surface area (Å²) in [6.45, 7) is 0. The van der Waals surface area contributed by atoms with Crippen molar-refractivity contribution < 1.29 is 13.9 Å². The number of benzene rings is 2. The molecule has 0 spiro atoms. The number of hydrogen-bond acceptors (Lipinski definition) is 2. The van der Waals surface area contributed by atoms with Crippen LogP contribution in [0.3, 0.4) is 0 Å². The molecule has 100 valence electrons. The lowest BCUT2D eigenvalue weighted by molar-refractivity contribution is 0.391. The number of rotatable bonds is 4. The molecule has 0 fully saturated rings. The Bertz CT molecular complexity index is 555. The van der Waals surface area contributed by atoms with Crippen molar-refractivity contribution in [1.29, 1.82) is 0 Å². The van der Waals surface area contributed by atoms with E-state index in [-0.39, 0.29) is 10.6 Å². The zero-order valence-electron chi connectivity index (χ0n) is 10.7. The Morgan fingerprint density at radius 2 is 1.68 bits per heavy atom. The van der Waals surface area contributed by atoms with Crippen LogP contribution in [0.1, 0.15) is 16.0 Å². The summed E-state index contributed by atoms with van der Waals surface area (Å²) < 4.78 is 23.5. The Kier molecular flexibility index (Phi) is 4.43. The summed E-state index contributed by atoms with van der Waals surface area (Å²) in [5.74, 6) is 1.22. The molecule has 0 heterocycles. The monoisotopic (exact) mass is 324 g/mol. The molecule has 0 saturated heterocycles. The van der Waals surface area contributed by atoms with Crippen LogP contribution in [-0.4, -0.2) is 14.2 Å². The van der Waals surface area contributed by atoms with Crippen molar-refractivity contribution >= 4 is 15.9 Å². The van der Waals surface area contributed by atoms with Crippen molar-refractivity contribution in [2.24, 2.45) is 0 Å². The van der Waals surface area contributed by atoms with Crippen molar-refractivity contribution in [3.8, 4) is 11.5 Å². The Morgan fingerprint density at radius 3 is 2.26 bits per heavy atom. The average molecular weight is 325 g/mol. The fourth-order valence-corrected chi connectivity index (χ4v) is 2.52. The summed E-state index contributed by atoms with van der Waals surface area (Å²) in [7, 11) is 3.22. The third-order valence-corrected chi connectivity index (χ3v) is 3.90. The number of halogens is 2. The van der Waals surface area contributed by atoms with Gasteiger partial charge >= 0.3 is 0 Å². The molecule has 2 rings (SSSR count). The zero-order chi connectivity index (χ0) is 13.8. The summed E-state index contributed by atoms with van der Waals surface area (Å²) in [6, 6.07) is 12.0. The smallest absolute Gasteiger partial charge is 0.127 e. The molecule has 2 nitrogen and oxygen atoms in total. The van der Waals surface area contributed by atoms with Crippen molar-refractivity contribution in [3.05, 3.63) is 59.4 Å². The van der Waals surface area contributed by atoms with Crippen LogP contribution in [0.15, 0.2) is 42.5 Å². The number of ether oxygens (including phenoxy) is 2. The average Bonchev–Trinajstić information content (AvgIpc) is 2.46.